The number of benzene rings is 1. The summed E-state index contributed by atoms with van der Waals surface area (Å²) in [5.41, 5.74) is 13.9. The van der Waals surface area contributed by atoms with E-state index in [1.165, 1.54) is 0 Å². The van der Waals surface area contributed by atoms with Gasteiger partial charge in [0.25, 0.3) is 0 Å². The Morgan fingerprint density at radius 2 is 1.80 bits per heavy atom. The molecule has 0 atom stereocenters. The Labute approximate surface area is 92.0 Å². The Balaban J connectivity index is 2.54. The van der Waals surface area contributed by atoms with Crippen LogP contribution < -0.4 is 11.5 Å². The molecule has 0 bridgehead atoms. The van der Waals surface area contributed by atoms with Gasteiger partial charge in [-0.1, -0.05) is 12.1 Å². The number of rotatable bonds is 1. The summed E-state index contributed by atoms with van der Waals surface area (Å²) >= 11 is 4.86. The number of nitrogen functional groups attached to an aromatic ring is 2. The SMILES string of the molecule is Nc1ccc(-c2cnc(=S)[nH]c2N)cc1. The standard InChI is InChI=1S/C10H10N4S/c11-7-3-1-6(2-4-7)8-5-13-10(15)14-9(8)12/h1-5H,11H2,(H3,12,13,14,15). The Hall–Kier alpha value is -1.88. The van der Waals surface area contributed by atoms with E-state index in [9.17, 15) is 0 Å². The maximum atomic E-state index is 5.80. The Bertz CT molecular complexity index is 530. The van der Waals surface area contributed by atoms with E-state index in [1.807, 2.05) is 24.3 Å². The van der Waals surface area contributed by atoms with E-state index in [-0.39, 0.29) is 0 Å². The van der Waals surface area contributed by atoms with Gasteiger partial charge in [0.1, 0.15) is 5.82 Å². The molecule has 0 aliphatic rings. The van der Waals surface area contributed by atoms with Crippen LogP contribution in [0.4, 0.5) is 11.5 Å². The molecular weight excluding hydrogens is 208 g/mol. The number of aromatic nitrogens is 2. The number of nitrogens with zero attached hydrogens (tertiary/aromatic N) is 1. The van der Waals surface area contributed by atoms with E-state index in [1.54, 1.807) is 6.20 Å². The highest BCUT2D eigenvalue weighted by molar-refractivity contribution is 7.71. The fraction of sp³-hybridized carbons (Fsp3) is 0. The predicted molar refractivity (Wildman–Crippen MR) is 63.7 cm³/mol. The van der Waals surface area contributed by atoms with Gasteiger partial charge in [0.05, 0.1) is 0 Å². The van der Waals surface area contributed by atoms with Gasteiger partial charge in [-0.2, -0.15) is 0 Å². The number of hydrogen-bond acceptors (Lipinski definition) is 4. The van der Waals surface area contributed by atoms with Gasteiger partial charge in [0, 0.05) is 17.4 Å². The highest BCUT2D eigenvalue weighted by atomic mass is 32.1. The van der Waals surface area contributed by atoms with Gasteiger partial charge in [-0.25, -0.2) is 4.98 Å². The third-order valence-electron chi connectivity index (χ3n) is 2.06. The van der Waals surface area contributed by atoms with Crippen molar-refractivity contribution < 1.29 is 0 Å². The van der Waals surface area contributed by atoms with Crippen molar-refractivity contribution in [2.75, 3.05) is 11.5 Å². The first kappa shape index (κ1) is 9.67. The second kappa shape index (κ2) is 3.70. The van der Waals surface area contributed by atoms with Gasteiger partial charge >= 0.3 is 0 Å². The smallest absolute Gasteiger partial charge is 0.198 e. The van der Waals surface area contributed by atoms with E-state index in [4.69, 9.17) is 23.7 Å². The summed E-state index contributed by atoms with van der Waals surface area (Å²) in [4.78, 5) is 6.79. The molecule has 0 unspecified atom stereocenters. The van der Waals surface area contributed by atoms with Crippen LogP contribution in [0.5, 0.6) is 0 Å². The van der Waals surface area contributed by atoms with Crippen LogP contribution in [0, 0.1) is 4.77 Å². The van der Waals surface area contributed by atoms with E-state index in [2.05, 4.69) is 9.97 Å². The molecule has 2 aromatic rings. The van der Waals surface area contributed by atoms with Gasteiger partial charge < -0.3 is 16.5 Å². The Kier molecular flexibility index (Phi) is 2.39. The normalized spacial score (nSPS) is 10.1. The van der Waals surface area contributed by atoms with Crippen LogP contribution in [0.3, 0.4) is 0 Å². The molecule has 2 rings (SSSR count). The first-order chi connectivity index (χ1) is 7.16. The predicted octanol–water partition coefficient (Wildman–Crippen LogP) is 1.97. The number of nitrogens with two attached hydrogens (primary N) is 2. The lowest BCUT2D eigenvalue weighted by molar-refractivity contribution is 1.15. The first-order valence-electron chi connectivity index (χ1n) is 4.37. The molecule has 1 aromatic carbocycles. The molecule has 5 heteroatoms. The van der Waals surface area contributed by atoms with Crippen molar-refractivity contribution in [2.45, 2.75) is 0 Å². The summed E-state index contributed by atoms with van der Waals surface area (Å²) in [6, 6.07) is 7.41. The van der Waals surface area contributed by atoms with Crippen molar-refractivity contribution >= 4 is 23.7 Å². The van der Waals surface area contributed by atoms with E-state index >= 15 is 0 Å². The summed E-state index contributed by atoms with van der Waals surface area (Å²) in [6.07, 6.45) is 1.65. The van der Waals surface area contributed by atoms with Gasteiger partial charge in [-0.3, -0.25) is 0 Å². The van der Waals surface area contributed by atoms with Crippen molar-refractivity contribution in [3.8, 4) is 11.1 Å². The molecule has 0 amide bonds. The zero-order valence-electron chi connectivity index (χ0n) is 7.90. The van der Waals surface area contributed by atoms with Gasteiger partial charge in [0.2, 0.25) is 0 Å². The molecule has 0 saturated carbocycles. The van der Waals surface area contributed by atoms with Crippen molar-refractivity contribution in [1.29, 1.82) is 0 Å². The van der Waals surface area contributed by atoms with Gasteiger partial charge in [0.15, 0.2) is 4.77 Å². The maximum absolute atomic E-state index is 5.80. The Morgan fingerprint density at radius 1 is 1.13 bits per heavy atom. The van der Waals surface area contributed by atoms with Crippen molar-refractivity contribution in [3.05, 3.63) is 35.2 Å². The number of aromatic amines is 1. The molecule has 1 aromatic heterocycles. The lowest BCUT2D eigenvalue weighted by atomic mass is 10.1. The molecule has 0 aliphatic carbocycles. The maximum Gasteiger partial charge on any atom is 0.198 e. The number of hydrogen-bond donors (Lipinski definition) is 3. The van der Waals surface area contributed by atoms with Crippen LogP contribution in [-0.2, 0) is 0 Å². The third kappa shape index (κ3) is 1.97. The molecule has 4 nitrogen and oxygen atoms in total. The van der Waals surface area contributed by atoms with Crippen LogP contribution in [-0.4, -0.2) is 9.97 Å². The summed E-state index contributed by atoms with van der Waals surface area (Å²) in [7, 11) is 0. The second-order valence-electron chi connectivity index (χ2n) is 3.14. The average Bonchev–Trinajstić information content (AvgIpc) is 2.20. The fourth-order valence-electron chi connectivity index (χ4n) is 1.30. The van der Waals surface area contributed by atoms with Crippen molar-refractivity contribution in [2.24, 2.45) is 0 Å². The molecule has 76 valence electrons. The molecule has 1 heterocycles. The lowest BCUT2D eigenvalue weighted by Gasteiger charge is -2.04. The quantitative estimate of drug-likeness (QED) is 0.505. The molecular formula is C10H10N4S. The summed E-state index contributed by atoms with van der Waals surface area (Å²) in [6.45, 7) is 0. The highest BCUT2D eigenvalue weighted by Crippen LogP contribution is 2.23. The summed E-state index contributed by atoms with van der Waals surface area (Å²) < 4.78 is 0.381. The van der Waals surface area contributed by atoms with Crippen molar-refractivity contribution in [3.63, 3.8) is 0 Å². The molecule has 15 heavy (non-hydrogen) atoms. The molecule has 0 radical (unpaired) electrons. The number of H-pyrrole nitrogens is 1. The molecule has 5 N–H and O–H groups in total. The monoisotopic (exact) mass is 218 g/mol. The highest BCUT2D eigenvalue weighted by Gasteiger charge is 2.02. The summed E-state index contributed by atoms with van der Waals surface area (Å²) in [5, 5.41) is 0. The zero-order valence-corrected chi connectivity index (χ0v) is 8.71. The van der Waals surface area contributed by atoms with Gasteiger partial charge in [-0.15, -0.1) is 0 Å². The number of nitrogens with one attached hydrogen (secondary N) is 1. The topological polar surface area (TPSA) is 80.7 Å². The molecule has 0 aliphatic heterocycles. The van der Waals surface area contributed by atoms with E-state index in [0.717, 1.165) is 11.1 Å². The van der Waals surface area contributed by atoms with E-state index in [0.29, 0.717) is 16.3 Å². The second-order valence-corrected chi connectivity index (χ2v) is 3.52. The lowest BCUT2D eigenvalue weighted by Crippen LogP contribution is -1.96. The third-order valence-corrected chi connectivity index (χ3v) is 2.27. The minimum Gasteiger partial charge on any atom is -0.399 e. The van der Waals surface area contributed by atoms with Gasteiger partial charge in [-0.05, 0) is 29.9 Å². The molecule has 0 fully saturated rings. The van der Waals surface area contributed by atoms with Crippen LogP contribution >= 0.6 is 12.2 Å². The summed E-state index contributed by atoms with van der Waals surface area (Å²) in [5.74, 6) is 0.514. The molecule has 0 spiro atoms. The van der Waals surface area contributed by atoms with Crippen molar-refractivity contribution in [1.82, 2.24) is 9.97 Å². The fourth-order valence-corrected chi connectivity index (χ4v) is 1.46. The average molecular weight is 218 g/mol. The first-order valence-corrected chi connectivity index (χ1v) is 4.78. The zero-order chi connectivity index (χ0) is 10.8. The van der Waals surface area contributed by atoms with Crippen LogP contribution in [0.2, 0.25) is 0 Å². The van der Waals surface area contributed by atoms with Crippen LogP contribution in [0.25, 0.3) is 11.1 Å². The van der Waals surface area contributed by atoms with Crippen LogP contribution in [0.1, 0.15) is 0 Å². The van der Waals surface area contributed by atoms with E-state index < -0.39 is 0 Å². The minimum atomic E-state index is 0.381. The Morgan fingerprint density at radius 3 is 2.40 bits per heavy atom. The molecule has 0 saturated heterocycles. The number of anilines is 2. The largest absolute Gasteiger partial charge is 0.399 e. The van der Waals surface area contributed by atoms with Crippen LogP contribution in [0.15, 0.2) is 30.5 Å². The minimum absolute atomic E-state index is 0.381.